The number of aryl methyl sites for hydroxylation is 1. The van der Waals surface area contributed by atoms with Gasteiger partial charge >= 0.3 is 5.97 Å². The van der Waals surface area contributed by atoms with Gasteiger partial charge in [0.05, 0.1) is 19.8 Å². The molecule has 0 radical (unpaired) electrons. The largest absolute Gasteiger partial charge is 0.481 e. The van der Waals surface area contributed by atoms with Crippen LogP contribution in [0.15, 0.2) is 15.1 Å². The number of hydrogen-bond donors (Lipinski definition) is 1. The van der Waals surface area contributed by atoms with Crippen LogP contribution in [-0.4, -0.2) is 26.8 Å². The normalized spacial score (nSPS) is 10.9. The molecule has 4 nitrogen and oxygen atoms in total. The van der Waals surface area contributed by atoms with Crippen molar-refractivity contribution in [1.82, 2.24) is 9.97 Å². The topological polar surface area (TPSA) is 63.1 Å². The van der Waals surface area contributed by atoms with Crippen LogP contribution in [0.5, 0.6) is 0 Å². The number of carbonyl (C=O) groups is 1. The quantitative estimate of drug-likeness (QED) is 0.696. The third kappa shape index (κ3) is 2.21. The van der Waals surface area contributed by atoms with Crippen molar-refractivity contribution < 1.29 is 9.90 Å². The van der Waals surface area contributed by atoms with E-state index in [1.54, 1.807) is 0 Å². The molecule has 0 bridgehead atoms. The van der Waals surface area contributed by atoms with Gasteiger partial charge in [0, 0.05) is 5.56 Å². The Bertz CT molecular complexity index is 556. The molecular weight excluding hydrogens is 312 g/mol. The summed E-state index contributed by atoms with van der Waals surface area (Å²) in [5.74, 6) is -0.829. The smallest absolute Gasteiger partial charge is 0.313 e. The molecule has 0 aromatic carbocycles. The minimum Gasteiger partial charge on any atom is -0.481 e. The number of nitrogens with zero attached hydrogens (tertiary/aromatic N) is 2. The molecule has 0 spiro atoms. The zero-order chi connectivity index (χ0) is 11.7. The molecule has 0 saturated carbocycles. The molecule has 0 aliphatic rings. The third-order valence-corrected chi connectivity index (χ3v) is 5.21. The van der Waals surface area contributed by atoms with Gasteiger partial charge in [-0.15, -0.1) is 11.3 Å². The molecule has 0 saturated heterocycles. The number of fused-ring (bicyclic) bond motifs is 1. The van der Waals surface area contributed by atoms with Gasteiger partial charge in [-0.05, 0) is 22.9 Å². The number of carboxylic acids is 1. The monoisotopic (exact) mass is 318 g/mol. The highest BCUT2D eigenvalue weighted by molar-refractivity contribution is 9.11. The maximum absolute atomic E-state index is 10.5. The van der Waals surface area contributed by atoms with Gasteiger partial charge < -0.3 is 5.11 Å². The van der Waals surface area contributed by atoms with Crippen LogP contribution >= 0.6 is 39.0 Å². The Balaban J connectivity index is 2.45. The summed E-state index contributed by atoms with van der Waals surface area (Å²) in [6.45, 7) is 1.97. The summed E-state index contributed by atoms with van der Waals surface area (Å²) in [7, 11) is 0. The summed E-state index contributed by atoms with van der Waals surface area (Å²) in [5, 5.41) is 9.36. The zero-order valence-electron chi connectivity index (χ0n) is 8.23. The number of carboxylic acid groups (broad SMARTS) is 1. The predicted octanol–water partition coefficient (Wildman–Crippen LogP) is 2.94. The molecule has 0 aliphatic carbocycles. The van der Waals surface area contributed by atoms with Crippen LogP contribution in [-0.2, 0) is 4.79 Å². The highest BCUT2D eigenvalue weighted by atomic mass is 79.9. The maximum Gasteiger partial charge on any atom is 0.313 e. The van der Waals surface area contributed by atoms with Gasteiger partial charge in [-0.3, -0.25) is 4.79 Å². The van der Waals surface area contributed by atoms with Crippen molar-refractivity contribution in [1.29, 1.82) is 0 Å². The molecule has 2 rings (SSSR count). The molecule has 1 N–H and O–H groups in total. The summed E-state index contributed by atoms with van der Waals surface area (Å²) in [6.07, 6.45) is 1.47. The molecule has 2 aromatic rings. The van der Waals surface area contributed by atoms with Crippen LogP contribution in [0.1, 0.15) is 5.56 Å². The van der Waals surface area contributed by atoms with Crippen molar-refractivity contribution >= 4 is 55.2 Å². The van der Waals surface area contributed by atoms with Crippen LogP contribution in [0, 0.1) is 6.92 Å². The van der Waals surface area contributed by atoms with E-state index in [0.717, 1.165) is 24.6 Å². The van der Waals surface area contributed by atoms with Gasteiger partial charge in [-0.25, -0.2) is 9.97 Å². The number of rotatable bonds is 3. The zero-order valence-corrected chi connectivity index (χ0v) is 11.4. The van der Waals surface area contributed by atoms with Crippen LogP contribution in [0.2, 0.25) is 0 Å². The second-order valence-corrected chi connectivity index (χ2v) is 6.34. The van der Waals surface area contributed by atoms with Gasteiger partial charge in [0.1, 0.15) is 11.4 Å². The molecule has 2 heterocycles. The van der Waals surface area contributed by atoms with E-state index in [4.69, 9.17) is 5.11 Å². The first-order valence-electron chi connectivity index (χ1n) is 4.33. The fraction of sp³-hybridized carbons (Fsp3) is 0.222. The number of thiophene rings is 1. The lowest BCUT2D eigenvalue weighted by molar-refractivity contribution is -0.133. The molecule has 84 valence electrons. The van der Waals surface area contributed by atoms with E-state index < -0.39 is 5.97 Å². The first kappa shape index (κ1) is 11.8. The van der Waals surface area contributed by atoms with Crippen molar-refractivity contribution in [3.63, 3.8) is 0 Å². The number of halogens is 1. The summed E-state index contributed by atoms with van der Waals surface area (Å²) in [4.78, 5) is 18.8. The average molecular weight is 319 g/mol. The molecule has 2 aromatic heterocycles. The van der Waals surface area contributed by atoms with Crippen molar-refractivity contribution in [3.05, 3.63) is 15.7 Å². The Labute approximate surface area is 108 Å². The first-order chi connectivity index (χ1) is 7.59. The fourth-order valence-corrected chi connectivity index (χ4v) is 3.67. The lowest BCUT2D eigenvalue weighted by Gasteiger charge is -1.98. The Morgan fingerprint density at radius 1 is 1.62 bits per heavy atom. The summed E-state index contributed by atoms with van der Waals surface area (Å²) in [5.41, 5.74) is 1.96. The van der Waals surface area contributed by atoms with E-state index in [1.807, 2.05) is 6.92 Å². The second kappa shape index (κ2) is 4.68. The Hall–Kier alpha value is -0.660. The van der Waals surface area contributed by atoms with Crippen molar-refractivity contribution in [2.75, 3.05) is 5.75 Å². The Morgan fingerprint density at radius 2 is 2.38 bits per heavy atom. The Morgan fingerprint density at radius 3 is 3.06 bits per heavy atom. The molecule has 0 atom stereocenters. The van der Waals surface area contributed by atoms with E-state index >= 15 is 0 Å². The standard InChI is InChI=1S/C9H7BrN2O2S2/c1-4-6-7(16-8(4)10)9(12-3-11-6)15-2-5(13)14/h3H,2H2,1H3,(H,13,14). The van der Waals surface area contributed by atoms with Gasteiger partial charge in [0.15, 0.2) is 0 Å². The maximum atomic E-state index is 10.5. The molecule has 0 amide bonds. The molecule has 0 fully saturated rings. The lowest BCUT2D eigenvalue weighted by Crippen LogP contribution is -1.98. The third-order valence-electron chi connectivity index (χ3n) is 1.95. The number of aromatic nitrogens is 2. The van der Waals surface area contributed by atoms with E-state index in [9.17, 15) is 4.79 Å². The highest BCUT2D eigenvalue weighted by Gasteiger charge is 2.13. The highest BCUT2D eigenvalue weighted by Crippen LogP contribution is 2.37. The first-order valence-corrected chi connectivity index (χ1v) is 6.93. The molecular formula is C9H7BrN2O2S2. The summed E-state index contributed by atoms with van der Waals surface area (Å²) >= 11 is 6.20. The number of hydrogen-bond acceptors (Lipinski definition) is 5. The number of aliphatic carboxylic acids is 1. The second-order valence-electron chi connectivity index (χ2n) is 3.04. The van der Waals surface area contributed by atoms with Gasteiger partial charge in [0.2, 0.25) is 0 Å². The van der Waals surface area contributed by atoms with Crippen molar-refractivity contribution in [2.24, 2.45) is 0 Å². The van der Waals surface area contributed by atoms with Gasteiger partial charge in [-0.2, -0.15) is 0 Å². The van der Waals surface area contributed by atoms with Crippen LogP contribution in [0.4, 0.5) is 0 Å². The van der Waals surface area contributed by atoms with Crippen molar-refractivity contribution in [2.45, 2.75) is 11.9 Å². The molecule has 7 heteroatoms. The summed E-state index contributed by atoms with van der Waals surface area (Å²) in [6, 6.07) is 0. The SMILES string of the molecule is Cc1c(Br)sc2c(SCC(=O)O)ncnc12. The Kier molecular flexibility index (Phi) is 3.46. The van der Waals surface area contributed by atoms with E-state index in [2.05, 4.69) is 25.9 Å². The van der Waals surface area contributed by atoms with Gasteiger partial charge in [-0.1, -0.05) is 11.8 Å². The molecule has 0 aliphatic heterocycles. The van der Waals surface area contributed by atoms with Crippen LogP contribution in [0.25, 0.3) is 10.2 Å². The molecule has 16 heavy (non-hydrogen) atoms. The lowest BCUT2D eigenvalue weighted by atomic mass is 10.3. The fourth-order valence-electron chi connectivity index (χ4n) is 1.21. The van der Waals surface area contributed by atoms with Crippen LogP contribution in [0.3, 0.4) is 0 Å². The van der Waals surface area contributed by atoms with Gasteiger partial charge in [0.25, 0.3) is 0 Å². The minimum absolute atomic E-state index is 0.0146. The van der Waals surface area contributed by atoms with E-state index in [1.165, 1.54) is 29.4 Å². The van der Waals surface area contributed by atoms with E-state index in [-0.39, 0.29) is 5.75 Å². The summed E-state index contributed by atoms with van der Waals surface area (Å²) < 4.78 is 1.96. The predicted molar refractivity (Wildman–Crippen MR) is 68.2 cm³/mol. The van der Waals surface area contributed by atoms with Crippen molar-refractivity contribution in [3.8, 4) is 0 Å². The molecule has 0 unspecified atom stereocenters. The van der Waals surface area contributed by atoms with Crippen LogP contribution < -0.4 is 0 Å². The number of thioether (sulfide) groups is 1. The minimum atomic E-state index is -0.843. The average Bonchev–Trinajstić information content (AvgIpc) is 2.53. The van der Waals surface area contributed by atoms with E-state index in [0.29, 0.717) is 0 Å².